The maximum absolute atomic E-state index is 12.1. The smallest absolute Gasteiger partial charge is 0.325 e. The molecule has 2 aromatic rings. The van der Waals surface area contributed by atoms with Crippen molar-refractivity contribution in [2.75, 3.05) is 39.8 Å². The van der Waals surface area contributed by atoms with Crippen molar-refractivity contribution in [3.63, 3.8) is 0 Å². The van der Waals surface area contributed by atoms with Gasteiger partial charge in [-0.25, -0.2) is 0 Å². The molecule has 0 radical (unpaired) electrons. The predicted molar refractivity (Wildman–Crippen MR) is 109 cm³/mol. The van der Waals surface area contributed by atoms with Crippen LogP contribution >= 0.6 is 11.6 Å². The van der Waals surface area contributed by atoms with Gasteiger partial charge >= 0.3 is 5.97 Å². The molecule has 2 amide bonds. The van der Waals surface area contributed by atoms with Crippen molar-refractivity contribution in [2.45, 2.75) is 0 Å². The maximum Gasteiger partial charge on any atom is 0.325 e. The van der Waals surface area contributed by atoms with Crippen LogP contribution in [0.1, 0.15) is 10.4 Å². The first-order valence-corrected chi connectivity index (χ1v) is 9.05. The van der Waals surface area contributed by atoms with E-state index in [9.17, 15) is 14.4 Å². The van der Waals surface area contributed by atoms with Crippen LogP contribution in [-0.2, 0) is 14.3 Å². The Morgan fingerprint density at radius 2 is 1.70 bits per heavy atom. The molecule has 2 aromatic carbocycles. The Labute approximate surface area is 178 Å². The first kappa shape index (κ1) is 22.8. The number of amides is 2. The second-order valence-corrected chi connectivity index (χ2v) is 6.22. The number of halogens is 1. The monoisotopic (exact) mass is 436 g/mol. The molecule has 0 saturated heterocycles. The second kappa shape index (κ2) is 10.9. The molecule has 0 aliphatic rings. The molecular weight excluding hydrogens is 416 g/mol. The van der Waals surface area contributed by atoms with E-state index in [4.69, 9.17) is 30.5 Å². The Morgan fingerprint density at radius 3 is 2.37 bits per heavy atom. The van der Waals surface area contributed by atoms with Crippen molar-refractivity contribution in [1.29, 1.82) is 0 Å². The van der Waals surface area contributed by atoms with Crippen LogP contribution in [0.2, 0.25) is 5.02 Å². The molecule has 30 heavy (non-hydrogen) atoms. The van der Waals surface area contributed by atoms with Crippen molar-refractivity contribution in [1.82, 2.24) is 5.32 Å². The van der Waals surface area contributed by atoms with Gasteiger partial charge in [-0.05, 0) is 18.2 Å². The van der Waals surface area contributed by atoms with E-state index in [1.54, 1.807) is 18.2 Å². The molecule has 0 atom stereocenters. The van der Waals surface area contributed by atoms with Crippen molar-refractivity contribution >= 4 is 35.1 Å². The highest BCUT2D eigenvalue weighted by Crippen LogP contribution is 2.35. The number of carbonyl (C=O) groups is 3. The molecular formula is C20H21ClN2O7. The first-order valence-electron chi connectivity index (χ1n) is 8.67. The summed E-state index contributed by atoms with van der Waals surface area (Å²) in [5.41, 5.74) is 0.620. The average molecular weight is 437 g/mol. The SMILES string of the molecule is COc1cccc(C(=O)NCC(=O)OCC(=O)Nc2cc(OC)c(Cl)cc2OC)c1. The quantitative estimate of drug-likeness (QED) is 0.580. The number of nitrogens with one attached hydrogen (secondary N) is 2. The van der Waals surface area contributed by atoms with Gasteiger partial charge in [0.25, 0.3) is 11.8 Å². The molecule has 0 aromatic heterocycles. The third kappa shape index (κ3) is 6.28. The average Bonchev–Trinajstić information content (AvgIpc) is 2.76. The molecule has 0 aliphatic carbocycles. The first-order chi connectivity index (χ1) is 14.4. The van der Waals surface area contributed by atoms with Gasteiger partial charge in [-0.2, -0.15) is 0 Å². The highest BCUT2D eigenvalue weighted by atomic mass is 35.5. The van der Waals surface area contributed by atoms with Gasteiger partial charge in [0.05, 0.1) is 32.0 Å². The van der Waals surface area contributed by atoms with E-state index in [-0.39, 0.29) is 0 Å². The fourth-order valence-corrected chi connectivity index (χ4v) is 2.59. The Balaban J connectivity index is 1.84. The van der Waals surface area contributed by atoms with Gasteiger partial charge in [0.15, 0.2) is 6.61 Å². The minimum atomic E-state index is -0.776. The van der Waals surface area contributed by atoms with Crippen LogP contribution in [-0.4, -0.2) is 52.3 Å². The Morgan fingerprint density at radius 1 is 0.967 bits per heavy atom. The number of esters is 1. The number of rotatable bonds is 9. The number of ether oxygens (including phenoxy) is 4. The summed E-state index contributed by atoms with van der Waals surface area (Å²) in [7, 11) is 4.33. The van der Waals surface area contributed by atoms with E-state index in [1.807, 2.05) is 0 Å². The Hall–Kier alpha value is -3.46. The summed E-state index contributed by atoms with van der Waals surface area (Å²) in [6, 6.07) is 9.41. The third-order valence-corrected chi connectivity index (χ3v) is 4.13. The third-order valence-electron chi connectivity index (χ3n) is 3.84. The summed E-state index contributed by atoms with van der Waals surface area (Å²) in [6.45, 7) is -0.955. The zero-order valence-electron chi connectivity index (χ0n) is 16.6. The van der Waals surface area contributed by atoms with Crippen molar-refractivity contribution in [3.8, 4) is 17.2 Å². The van der Waals surface area contributed by atoms with Gasteiger partial charge in [-0.3, -0.25) is 14.4 Å². The van der Waals surface area contributed by atoms with Gasteiger partial charge in [-0.1, -0.05) is 17.7 Å². The van der Waals surface area contributed by atoms with E-state index in [0.717, 1.165) is 0 Å². The number of hydrogen-bond donors (Lipinski definition) is 2. The lowest BCUT2D eigenvalue weighted by Gasteiger charge is -2.13. The zero-order chi connectivity index (χ0) is 22.1. The molecule has 9 nitrogen and oxygen atoms in total. The van der Waals surface area contributed by atoms with E-state index in [1.165, 1.54) is 39.5 Å². The molecule has 0 unspecified atom stereocenters. The van der Waals surface area contributed by atoms with E-state index < -0.39 is 30.9 Å². The Bertz CT molecular complexity index is 933. The Kier molecular flexibility index (Phi) is 8.30. The predicted octanol–water partition coefficient (Wildman–Crippen LogP) is 2.28. The lowest BCUT2D eigenvalue weighted by atomic mass is 10.2. The van der Waals surface area contributed by atoms with Gasteiger partial charge in [0, 0.05) is 17.7 Å². The maximum atomic E-state index is 12.1. The summed E-state index contributed by atoms with van der Waals surface area (Å²) in [6.07, 6.45) is 0. The number of benzene rings is 2. The van der Waals surface area contributed by atoms with E-state index >= 15 is 0 Å². The van der Waals surface area contributed by atoms with Crippen LogP contribution in [0.5, 0.6) is 17.2 Å². The highest BCUT2D eigenvalue weighted by Gasteiger charge is 2.15. The van der Waals surface area contributed by atoms with E-state index in [2.05, 4.69) is 10.6 Å². The van der Waals surface area contributed by atoms with Gasteiger partial charge in [-0.15, -0.1) is 0 Å². The highest BCUT2D eigenvalue weighted by molar-refractivity contribution is 6.32. The van der Waals surface area contributed by atoms with Crippen LogP contribution in [0, 0.1) is 0 Å². The number of carbonyl (C=O) groups excluding carboxylic acids is 3. The minimum Gasteiger partial charge on any atom is -0.497 e. The number of hydrogen-bond acceptors (Lipinski definition) is 7. The fourth-order valence-electron chi connectivity index (χ4n) is 2.36. The fraction of sp³-hybridized carbons (Fsp3) is 0.250. The molecule has 2 N–H and O–H groups in total. The summed E-state index contributed by atoms with van der Waals surface area (Å²) in [4.78, 5) is 36.0. The summed E-state index contributed by atoms with van der Waals surface area (Å²) >= 11 is 6.01. The molecule has 0 spiro atoms. The number of anilines is 1. The van der Waals surface area contributed by atoms with Crippen LogP contribution in [0.4, 0.5) is 5.69 Å². The van der Waals surface area contributed by atoms with Crippen LogP contribution in [0.15, 0.2) is 36.4 Å². The largest absolute Gasteiger partial charge is 0.497 e. The molecule has 0 bridgehead atoms. The van der Waals surface area contributed by atoms with Crippen molar-refractivity contribution < 1.29 is 33.3 Å². The summed E-state index contributed by atoms with van der Waals surface area (Å²) in [5.74, 6) is -0.701. The molecule has 10 heteroatoms. The molecule has 0 aliphatic heterocycles. The van der Waals surface area contributed by atoms with Crippen molar-refractivity contribution in [2.24, 2.45) is 0 Å². The molecule has 0 heterocycles. The van der Waals surface area contributed by atoms with Gasteiger partial charge < -0.3 is 29.6 Å². The minimum absolute atomic E-state index is 0.297. The van der Waals surface area contributed by atoms with Gasteiger partial charge in [0.2, 0.25) is 0 Å². The normalized spacial score (nSPS) is 10.0. The summed E-state index contributed by atoms with van der Waals surface area (Å²) < 4.78 is 20.2. The molecule has 0 fully saturated rings. The van der Waals surface area contributed by atoms with Crippen LogP contribution < -0.4 is 24.8 Å². The topological polar surface area (TPSA) is 112 Å². The van der Waals surface area contributed by atoms with E-state index in [0.29, 0.717) is 33.5 Å². The molecule has 2 rings (SSSR count). The second-order valence-electron chi connectivity index (χ2n) is 5.81. The molecule has 0 saturated carbocycles. The molecule has 160 valence electrons. The van der Waals surface area contributed by atoms with Gasteiger partial charge in [0.1, 0.15) is 23.8 Å². The number of methoxy groups -OCH3 is 3. The van der Waals surface area contributed by atoms with Crippen molar-refractivity contribution in [3.05, 3.63) is 47.0 Å². The standard InChI is InChI=1S/C20H21ClN2O7/c1-27-13-6-4-5-12(7-13)20(26)22-10-19(25)30-11-18(24)23-15-9-16(28-2)14(21)8-17(15)29-3/h4-9H,10-11H2,1-3H3,(H,22,26)(H,23,24). The lowest BCUT2D eigenvalue weighted by molar-refractivity contribution is -0.146. The lowest BCUT2D eigenvalue weighted by Crippen LogP contribution is -2.32. The van der Waals surface area contributed by atoms with Crippen LogP contribution in [0.3, 0.4) is 0 Å². The zero-order valence-corrected chi connectivity index (χ0v) is 17.4. The van der Waals surface area contributed by atoms with Crippen LogP contribution in [0.25, 0.3) is 0 Å². The summed E-state index contributed by atoms with van der Waals surface area (Å²) in [5, 5.41) is 5.26.